The third kappa shape index (κ3) is 4.11. The highest BCUT2D eigenvalue weighted by Crippen LogP contribution is 2.42. The van der Waals surface area contributed by atoms with E-state index in [4.69, 9.17) is 4.98 Å². The zero-order valence-corrected chi connectivity index (χ0v) is 26.3. The Bertz CT molecular complexity index is 2740. The fourth-order valence-corrected chi connectivity index (χ4v) is 7.79. The Hall–Kier alpha value is -6.19. The van der Waals surface area contributed by atoms with Crippen molar-refractivity contribution >= 4 is 54.4 Å². The molecule has 48 heavy (non-hydrogen) atoms. The predicted molar refractivity (Wildman–Crippen MR) is 201 cm³/mol. The molecule has 6 aromatic carbocycles. The Morgan fingerprint density at radius 1 is 0.500 bits per heavy atom. The van der Waals surface area contributed by atoms with E-state index in [0.717, 1.165) is 34.7 Å². The second kappa shape index (κ2) is 10.7. The van der Waals surface area contributed by atoms with Gasteiger partial charge in [0.15, 0.2) is 0 Å². The van der Waals surface area contributed by atoms with Gasteiger partial charge in [-0.3, -0.25) is 4.98 Å². The summed E-state index contributed by atoms with van der Waals surface area (Å²) in [6, 6.07) is 52.9. The van der Waals surface area contributed by atoms with E-state index >= 15 is 0 Å². The van der Waals surface area contributed by atoms with E-state index in [1.54, 1.807) is 0 Å². The molecule has 1 aliphatic carbocycles. The summed E-state index contributed by atoms with van der Waals surface area (Å²) in [6.07, 6.45) is 9.75. The maximum absolute atomic E-state index is 5.28. The number of hydrogen-bond donors (Lipinski definition) is 0. The van der Waals surface area contributed by atoms with Gasteiger partial charge in [-0.05, 0) is 65.7 Å². The summed E-state index contributed by atoms with van der Waals surface area (Å²) in [7, 11) is 0. The number of hydrogen-bond acceptors (Lipinski definition) is 1. The van der Waals surface area contributed by atoms with Crippen molar-refractivity contribution in [3.8, 4) is 22.6 Å². The van der Waals surface area contributed by atoms with Crippen LogP contribution < -0.4 is 0 Å². The standard InChI is InChI=1S/C45H31N3/c1-4-15-31(16-5-1)39-26-34(27-40(46-39)32-17-6-2-7-18-32)48-42-25-24-30-14-10-11-21-35(30)45(42)38-28-37-36-22-12-13-23-41(36)47(43(37)29-44(38)48)33-19-8-3-9-20-33/h1-17,19-29,32H,18H2. The van der Waals surface area contributed by atoms with E-state index in [1.165, 1.54) is 54.4 Å². The molecule has 0 radical (unpaired) electrons. The summed E-state index contributed by atoms with van der Waals surface area (Å²) in [5, 5.41) is 7.56. The van der Waals surface area contributed by atoms with Gasteiger partial charge in [0.25, 0.3) is 0 Å². The molecule has 1 aliphatic rings. The summed E-state index contributed by atoms with van der Waals surface area (Å²) in [5.41, 5.74) is 10.3. The van der Waals surface area contributed by atoms with Crippen LogP contribution in [0.2, 0.25) is 0 Å². The first-order valence-corrected chi connectivity index (χ1v) is 16.7. The van der Waals surface area contributed by atoms with Crippen LogP contribution in [0, 0.1) is 0 Å². The van der Waals surface area contributed by atoms with Gasteiger partial charge in [0.2, 0.25) is 0 Å². The topological polar surface area (TPSA) is 22.8 Å². The Kier molecular flexibility index (Phi) is 6.00. The molecule has 0 fully saturated rings. The molecule has 0 N–H and O–H groups in total. The number of aromatic nitrogens is 3. The molecule has 0 aliphatic heterocycles. The SMILES string of the molecule is C1=CCC(c2cc(-n3c4cc5c(cc4c4c6ccccc6ccc43)c3ccccc3n5-c3ccccc3)cc(-c3ccccc3)n2)C=C1. The van der Waals surface area contributed by atoms with Crippen LogP contribution in [0.3, 0.4) is 0 Å². The minimum atomic E-state index is 0.221. The average molecular weight is 614 g/mol. The van der Waals surface area contributed by atoms with Crippen LogP contribution in [0.5, 0.6) is 0 Å². The number of pyridine rings is 1. The summed E-state index contributed by atoms with van der Waals surface area (Å²) >= 11 is 0. The van der Waals surface area contributed by atoms with E-state index in [2.05, 4.69) is 179 Å². The van der Waals surface area contributed by atoms with Crippen molar-refractivity contribution in [2.24, 2.45) is 0 Å². The zero-order chi connectivity index (χ0) is 31.6. The van der Waals surface area contributed by atoms with Gasteiger partial charge in [0, 0.05) is 38.7 Å². The molecule has 3 heteroatoms. The minimum absolute atomic E-state index is 0.221. The molecular formula is C45H31N3. The Morgan fingerprint density at radius 3 is 2.06 bits per heavy atom. The summed E-state index contributed by atoms with van der Waals surface area (Å²) in [6.45, 7) is 0. The molecule has 0 amide bonds. The van der Waals surface area contributed by atoms with Crippen molar-refractivity contribution in [1.82, 2.24) is 14.1 Å². The number of para-hydroxylation sites is 2. The van der Waals surface area contributed by atoms with Crippen LogP contribution in [-0.2, 0) is 0 Å². The lowest BCUT2D eigenvalue weighted by molar-refractivity contribution is 0.815. The first-order valence-electron chi connectivity index (χ1n) is 16.7. The van der Waals surface area contributed by atoms with Crippen LogP contribution in [0.4, 0.5) is 0 Å². The molecule has 0 saturated heterocycles. The number of allylic oxidation sites excluding steroid dienone is 4. The minimum Gasteiger partial charge on any atom is -0.309 e. The predicted octanol–water partition coefficient (Wildman–Crippen LogP) is 11.7. The summed E-state index contributed by atoms with van der Waals surface area (Å²) in [4.78, 5) is 5.28. The molecule has 226 valence electrons. The molecule has 10 rings (SSSR count). The van der Waals surface area contributed by atoms with Crippen molar-refractivity contribution < 1.29 is 0 Å². The third-order valence-electron chi connectivity index (χ3n) is 9.98. The van der Waals surface area contributed by atoms with Crippen LogP contribution in [-0.4, -0.2) is 14.1 Å². The lowest BCUT2D eigenvalue weighted by Crippen LogP contribution is -2.04. The molecule has 0 spiro atoms. The van der Waals surface area contributed by atoms with Crippen molar-refractivity contribution in [1.29, 1.82) is 0 Å². The van der Waals surface area contributed by atoms with Crippen molar-refractivity contribution in [3.05, 3.63) is 176 Å². The second-order valence-corrected chi connectivity index (χ2v) is 12.7. The molecule has 1 atom stereocenters. The fourth-order valence-electron chi connectivity index (χ4n) is 7.79. The Labute approximate surface area is 278 Å². The first-order chi connectivity index (χ1) is 23.8. The summed E-state index contributed by atoms with van der Waals surface area (Å²) in [5.74, 6) is 0.221. The Balaban J connectivity index is 1.36. The van der Waals surface area contributed by atoms with Gasteiger partial charge in [-0.1, -0.05) is 121 Å². The molecule has 9 aromatic rings. The van der Waals surface area contributed by atoms with E-state index < -0.39 is 0 Å². The number of benzene rings is 6. The number of fused-ring (bicyclic) bond motifs is 8. The van der Waals surface area contributed by atoms with Crippen molar-refractivity contribution in [2.75, 3.05) is 0 Å². The second-order valence-electron chi connectivity index (χ2n) is 12.7. The smallest absolute Gasteiger partial charge is 0.0726 e. The average Bonchev–Trinajstić information content (AvgIpc) is 3.67. The van der Waals surface area contributed by atoms with Gasteiger partial charge < -0.3 is 9.13 Å². The lowest BCUT2D eigenvalue weighted by atomic mass is 9.95. The fraction of sp³-hybridized carbons (Fsp3) is 0.0444. The van der Waals surface area contributed by atoms with Crippen LogP contribution in [0.1, 0.15) is 18.0 Å². The molecule has 0 bridgehead atoms. The number of nitrogens with zero attached hydrogens (tertiary/aromatic N) is 3. The highest BCUT2D eigenvalue weighted by Gasteiger charge is 2.21. The first kappa shape index (κ1) is 27.0. The van der Waals surface area contributed by atoms with Gasteiger partial charge >= 0.3 is 0 Å². The maximum atomic E-state index is 5.28. The van der Waals surface area contributed by atoms with Crippen LogP contribution >= 0.6 is 0 Å². The molecule has 3 nitrogen and oxygen atoms in total. The molecule has 3 heterocycles. The zero-order valence-electron chi connectivity index (χ0n) is 26.3. The normalized spacial score (nSPS) is 14.6. The van der Waals surface area contributed by atoms with Gasteiger partial charge in [0.1, 0.15) is 0 Å². The quantitative estimate of drug-likeness (QED) is 0.194. The third-order valence-corrected chi connectivity index (χ3v) is 9.98. The molecule has 1 unspecified atom stereocenters. The molecule has 3 aromatic heterocycles. The van der Waals surface area contributed by atoms with E-state index in [1.807, 2.05) is 0 Å². The van der Waals surface area contributed by atoms with E-state index in [9.17, 15) is 0 Å². The lowest BCUT2D eigenvalue weighted by Gasteiger charge is -2.17. The number of rotatable bonds is 4. The van der Waals surface area contributed by atoms with Crippen molar-refractivity contribution in [3.63, 3.8) is 0 Å². The van der Waals surface area contributed by atoms with Crippen LogP contribution in [0.25, 0.3) is 77.0 Å². The highest BCUT2D eigenvalue weighted by molar-refractivity contribution is 6.25. The van der Waals surface area contributed by atoms with Crippen molar-refractivity contribution in [2.45, 2.75) is 12.3 Å². The van der Waals surface area contributed by atoms with Gasteiger partial charge in [0.05, 0.1) is 39.1 Å². The molecule has 0 saturated carbocycles. The van der Waals surface area contributed by atoms with Gasteiger partial charge in [-0.25, -0.2) is 0 Å². The van der Waals surface area contributed by atoms with Crippen LogP contribution in [0.15, 0.2) is 170 Å². The highest BCUT2D eigenvalue weighted by atomic mass is 15.0. The largest absolute Gasteiger partial charge is 0.309 e. The van der Waals surface area contributed by atoms with Gasteiger partial charge in [-0.15, -0.1) is 0 Å². The Morgan fingerprint density at radius 2 is 1.23 bits per heavy atom. The van der Waals surface area contributed by atoms with E-state index in [0.29, 0.717) is 0 Å². The van der Waals surface area contributed by atoms with E-state index in [-0.39, 0.29) is 5.92 Å². The summed E-state index contributed by atoms with van der Waals surface area (Å²) < 4.78 is 4.89. The maximum Gasteiger partial charge on any atom is 0.0726 e. The van der Waals surface area contributed by atoms with Gasteiger partial charge in [-0.2, -0.15) is 0 Å². The molecular weight excluding hydrogens is 583 g/mol. The monoisotopic (exact) mass is 613 g/mol.